The molecule has 1 aromatic heterocycles. The molecule has 1 N–H and O–H groups in total. The number of aromatic nitrogens is 1. The molecule has 4 rings (SSSR count). The number of nitrogens with zero attached hydrogens (tertiary/aromatic N) is 1. The summed E-state index contributed by atoms with van der Waals surface area (Å²) in [6.07, 6.45) is 0. The molecule has 1 aliphatic carbocycles. The third kappa shape index (κ3) is 1.82. The van der Waals surface area contributed by atoms with Crippen molar-refractivity contribution >= 4 is 28.4 Å². The first-order valence-corrected chi connectivity index (χ1v) is 7.85. The van der Waals surface area contributed by atoms with Gasteiger partial charge in [-0.15, -0.1) is 0 Å². The molecule has 1 aliphatic heterocycles. The lowest BCUT2D eigenvalue weighted by Gasteiger charge is -2.46. The van der Waals surface area contributed by atoms with Gasteiger partial charge in [0, 0.05) is 29.0 Å². The van der Waals surface area contributed by atoms with Crippen molar-refractivity contribution in [3.63, 3.8) is 0 Å². The summed E-state index contributed by atoms with van der Waals surface area (Å²) < 4.78 is 54.0. The smallest absolute Gasteiger partial charge is 0.315 e. The van der Waals surface area contributed by atoms with Crippen molar-refractivity contribution in [1.29, 1.82) is 0 Å². The van der Waals surface area contributed by atoms with Gasteiger partial charge in [0.25, 0.3) is 5.91 Å². The van der Waals surface area contributed by atoms with Crippen LogP contribution >= 0.6 is 11.6 Å². The zero-order valence-electron chi connectivity index (χ0n) is 12.5. The predicted octanol–water partition coefficient (Wildman–Crippen LogP) is 4.10. The van der Waals surface area contributed by atoms with E-state index in [0.717, 1.165) is 10.3 Å². The Balaban J connectivity index is 1.65. The summed E-state index contributed by atoms with van der Waals surface area (Å²) in [7, 11) is 0. The van der Waals surface area contributed by atoms with E-state index in [2.05, 4.69) is 4.98 Å². The number of H-pyrrole nitrogens is 1. The van der Waals surface area contributed by atoms with Crippen LogP contribution in [0.25, 0.3) is 10.9 Å². The van der Waals surface area contributed by atoms with E-state index in [4.69, 9.17) is 11.6 Å². The Labute approximate surface area is 139 Å². The molecule has 2 aliphatic rings. The van der Waals surface area contributed by atoms with Gasteiger partial charge in [0.15, 0.2) is 0 Å². The molecule has 2 unspecified atom stereocenters. The van der Waals surface area contributed by atoms with E-state index in [1.54, 1.807) is 25.1 Å². The van der Waals surface area contributed by atoms with Crippen LogP contribution in [0.5, 0.6) is 0 Å². The van der Waals surface area contributed by atoms with Crippen LogP contribution < -0.4 is 0 Å². The number of hydrogen-bond acceptors (Lipinski definition) is 1. The molecule has 128 valence electrons. The Morgan fingerprint density at radius 3 is 2.38 bits per heavy atom. The van der Waals surface area contributed by atoms with Crippen molar-refractivity contribution in [2.24, 2.45) is 11.8 Å². The number of carbonyl (C=O) groups excluding carboxylic acids is 1. The summed E-state index contributed by atoms with van der Waals surface area (Å²) in [6.45, 7) is 0.997. The van der Waals surface area contributed by atoms with Crippen LogP contribution in [0.15, 0.2) is 18.2 Å². The topological polar surface area (TPSA) is 36.1 Å². The van der Waals surface area contributed by atoms with Gasteiger partial charge in [-0.1, -0.05) is 17.7 Å². The molecule has 8 heteroatoms. The monoisotopic (exact) mass is 360 g/mol. The van der Waals surface area contributed by atoms with E-state index in [1.165, 1.54) is 0 Å². The number of aryl methyl sites for hydroxylation is 1. The standard InChI is InChI=1S/C16H13ClF4N2O/c1-7-9-3-2-8(17)4-12(9)22-13(7)14(24)23-5-10-11(6-23)16(20,21)15(10,18)19/h2-4,10-11,22H,5-6H2,1H3. The minimum Gasteiger partial charge on any atom is -0.350 e. The van der Waals surface area contributed by atoms with E-state index < -0.39 is 29.6 Å². The van der Waals surface area contributed by atoms with Crippen molar-refractivity contribution in [3.8, 4) is 0 Å². The Morgan fingerprint density at radius 1 is 1.21 bits per heavy atom. The zero-order chi connectivity index (χ0) is 17.4. The zero-order valence-corrected chi connectivity index (χ0v) is 13.3. The highest BCUT2D eigenvalue weighted by Gasteiger charge is 2.80. The van der Waals surface area contributed by atoms with E-state index in [0.29, 0.717) is 16.1 Å². The third-order valence-electron chi connectivity index (χ3n) is 5.22. The second kappa shape index (κ2) is 4.65. The molecule has 2 aromatic rings. The number of halogens is 5. The van der Waals surface area contributed by atoms with Crippen molar-refractivity contribution in [2.75, 3.05) is 13.1 Å². The molecule has 2 atom stereocenters. The minimum absolute atomic E-state index is 0.222. The maximum Gasteiger partial charge on any atom is 0.315 e. The van der Waals surface area contributed by atoms with Gasteiger partial charge in [-0.05, 0) is 24.6 Å². The highest BCUT2D eigenvalue weighted by molar-refractivity contribution is 6.31. The van der Waals surface area contributed by atoms with Crippen LogP contribution in [-0.2, 0) is 0 Å². The number of likely N-dealkylation sites (tertiary alicyclic amines) is 1. The third-order valence-corrected chi connectivity index (χ3v) is 5.45. The Morgan fingerprint density at radius 2 is 1.79 bits per heavy atom. The minimum atomic E-state index is -4.05. The number of carbonyl (C=O) groups is 1. The number of benzene rings is 1. The van der Waals surface area contributed by atoms with Crippen molar-refractivity contribution in [1.82, 2.24) is 9.88 Å². The predicted molar refractivity (Wildman–Crippen MR) is 80.8 cm³/mol. The summed E-state index contributed by atoms with van der Waals surface area (Å²) in [5.74, 6) is -11.6. The molecular formula is C16H13ClF4N2O. The quantitative estimate of drug-likeness (QED) is 0.764. The maximum absolute atomic E-state index is 13.5. The molecule has 1 saturated carbocycles. The first-order valence-electron chi connectivity index (χ1n) is 7.47. The van der Waals surface area contributed by atoms with Gasteiger partial charge in [-0.2, -0.15) is 17.6 Å². The molecule has 24 heavy (non-hydrogen) atoms. The molecule has 3 nitrogen and oxygen atoms in total. The number of rotatable bonds is 1. The summed E-state index contributed by atoms with van der Waals surface area (Å²) >= 11 is 5.91. The molecule has 1 aromatic carbocycles. The molecule has 0 bridgehead atoms. The Hall–Kier alpha value is -1.76. The average molecular weight is 361 g/mol. The van der Waals surface area contributed by atoms with Crippen LogP contribution in [0.1, 0.15) is 16.1 Å². The number of hydrogen-bond donors (Lipinski definition) is 1. The van der Waals surface area contributed by atoms with Crippen LogP contribution in [0.4, 0.5) is 17.6 Å². The Bertz CT molecular complexity index is 841. The SMILES string of the molecule is Cc1c(C(=O)N2CC3C(C2)C(F)(F)C3(F)F)[nH]c2cc(Cl)ccc12. The second-order valence-corrected chi connectivity index (χ2v) is 6.92. The number of fused-ring (bicyclic) bond motifs is 2. The number of aromatic amines is 1. The highest BCUT2D eigenvalue weighted by Crippen LogP contribution is 2.62. The fourth-order valence-electron chi connectivity index (χ4n) is 3.78. The first-order chi connectivity index (χ1) is 11.1. The van der Waals surface area contributed by atoms with E-state index in [-0.39, 0.29) is 18.8 Å². The first kappa shape index (κ1) is 15.7. The summed E-state index contributed by atoms with van der Waals surface area (Å²) in [5.41, 5.74) is 1.51. The van der Waals surface area contributed by atoms with Gasteiger partial charge in [-0.25, -0.2) is 0 Å². The van der Waals surface area contributed by atoms with Crippen molar-refractivity contribution in [3.05, 3.63) is 34.5 Å². The lowest BCUT2D eigenvalue weighted by atomic mass is 9.68. The van der Waals surface area contributed by atoms with Crippen LogP contribution in [0.3, 0.4) is 0 Å². The van der Waals surface area contributed by atoms with Crippen molar-refractivity contribution in [2.45, 2.75) is 18.8 Å². The summed E-state index contributed by atoms with van der Waals surface area (Å²) in [6, 6.07) is 5.07. The van der Waals surface area contributed by atoms with E-state index >= 15 is 0 Å². The summed E-state index contributed by atoms with van der Waals surface area (Å²) in [4.78, 5) is 16.6. The van der Waals surface area contributed by atoms with Gasteiger partial charge < -0.3 is 9.88 Å². The molecule has 2 heterocycles. The number of amides is 1. The molecular weight excluding hydrogens is 348 g/mol. The Kier molecular flexibility index (Phi) is 3.05. The van der Waals surface area contributed by atoms with Crippen LogP contribution in [-0.4, -0.2) is 40.7 Å². The lowest BCUT2D eigenvalue weighted by molar-refractivity contribution is -0.339. The van der Waals surface area contributed by atoms with Crippen LogP contribution in [0.2, 0.25) is 5.02 Å². The van der Waals surface area contributed by atoms with Gasteiger partial charge >= 0.3 is 11.8 Å². The molecule has 0 radical (unpaired) electrons. The molecule has 1 amide bonds. The number of nitrogens with one attached hydrogen (secondary N) is 1. The molecule has 1 saturated heterocycles. The average Bonchev–Trinajstić information content (AvgIpc) is 3.08. The van der Waals surface area contributed by atoms with Gasteiger partial charge in [-0.3, -0.25) is 4.79 Å². The van der Waals surface area contributed by atoms with Crippen molar-refractivity contribution < 1.29 is 22.4 Å². The molecule has 2 fully saturated rings. The largest absolute Gasteiger partial charge is 0.350 e. The van der Waals surface area contributed by atoms with Gasteiger partial charge in [0.05, 0.1) is 11.8 Å². The summed E-state index contributed by atoms with van der Waals surface area (Å²) in [5, 5.41) is 1.27. The lowest BCUT2D eigenvalue weighted by Crippen LogP contribution is -2.65. The van der Waals surface area contributed by atoms with Crippen LogP contribution in [0, 0.1) is 18.8 Å². The molecule has 0 spiro atoms. The second-order valence-electron chi connectivity index (χ2n) is 6.48. The van der Waals surface area contributed by atoms with E-state index in [9.17, 15) is 22.4 Å². The highest BCUT2D eigenvalue weighted by atomic mass is 35.5. The van der Waals surface area contributed by atoms with Gasteiger partial charge in [0.2, 0.25) is 0 Å². The fraction of sp³-hybridized carbons (Fsp3) is 0.438. The normalized spacial score (nSPS) is 27.2. The number of alkyl halides is 4. The van der Waals surface area contributed by atoms with Gasteiger partial charge in [0.1, 0.15) is 5.69 Å². The fourth-order valence-corrected chi connectivity index (χ4v) is 3.96. The van der Waals surface area contributed by atoms with E-state index in [1.807, 2.05) is 0 Å². The maximum atomic E-state index is 13.5.